The highest BCUT2D eigenvalue weighted by atomic mass is 16.5. The third-order valence-electron chi connectivity index (χ3n) is 3.45. The van der Waals surface area contributed by atoms with E-state index in [1.165, 1.54) is 38.5 Å². The summed E-state index contributed by atoms with van der Waals surface area (Å²) in [5.41, 5.74) is 0.814. The number of rotatable bonds is 11. The summed E-state index contributed by atoms with van der Waals surface area (Å²) in [5, 5.41) is 9.28. The molecule has 0 radical (unpaired) electrons. The first-order valence-corrected chi connectivity index (χ1v) is 7.72. The van der Waals surface area contributed by atoms with Gasteiger partial charge in [-0.1, -0.05) is 45.4 Å². The molecule has 0 spiro atoms. The highest BCUT2D eigenvalue weighted by Crippen LogP contribution is 2.25. The van der Waals surface area contributed by atoms with E-state index >= 15 is 0 Å². The maximum Gasteiger partial charge on any atom is 0.128 e. The van der Waals surface area contributed by atoms with Gasteiger partial charge < -0.3 is 14.6 Å². The Labute approximate surface area is 122 Å². The van der Waals surface area contributed by atoms with Crippen LogP contribution < -0.4 is 9.47 Å². The average Bonchev–Trinajstić information content (AvgIpc) is 2.49. The molecule has 0 heterocycles. The summed E-state index contributed by atoms with van der Waals surface area (Å²) in [7, 11) is 1.63. The molecule has 0 aliphatic carbocycles. The number of hydrogen-bond donors (Lipinski definition) is 1. The van der Waals surface area contributed by atoms with Crippen molar-refractivity contribution in [2.24, 2.45) is 0 Å². The van der Waals surface area contributed by atoms with Gasteiger partial charge in [0.25, 0.3) is 0 Å². The van der Waals surface area contributed by atoms with Crippen molar-refractivity contribution >= 4 is 0 Å². The molecule has 114 valence electrons. The van der Waals surface area contributed by atoms with Gasteiger partial charge in [-0.25, -0.2) is 0 Å². The molecule has 1 aromatic carbocycles. The van der Waals surface area contributed by atoms with Gasteiger partial charge in [0.2, 0.25) is 0 Å². The zero-order chi connectivity index (χ0) is 14.6. The minimum absolute atomic E-state index is 0.00363. The third-order valence-corrected chi connectivity index (χ3v) is 3.45. The summed E-state index contributed by atoms with van der Waals surface area (Å²) in [6, 6.07) is 5.53. The number of aliphatic hydroxyl groups excluding tert-OH is 1. The molecule has 0 aliphatic rings. The van der Waals surface area contributed by atoms with Crippen LogP contribution in [0.5, 0.6) is 11.5 Å². The molecule has 1 N–H and O–H groups in total. The van der Waals surface area contributed by atoms with E-state index in [4.69, 9.17) is 9.47 Å². The lowest BCUT2D eigenvalue weighted by Gasteiger charge is -2.11. The Hall–Kier alpha value is -1.22. The fourth-order valence-electron chi connectivity index (χ4n) is 2.17. The van der Waals surface area contributed by atoms with Gasteiger partial charge in [0.1, 0.15) is 11.5 Å². The summed E-state index contributed by atoms with van der Waals surface area (Å²) in [5.74, 6) is 1.49. The van der Waals surface area contributed by atoms with Crippen molar-refractivity contribution in [3.8, 4) is 11.5 Å². The second-order valence-corrected chi connectivity index (χ2v) is 5.10. The smallest absolute Gasteiger partial charge is 0.128 e. The number of hydrogen-bond acceptors (Lipinski definition) is 3. The standard InChI is InChI=1S/C17H28O3/c1-3-4-5-6-7-8-9-12-20-17-13-16(19-2)11-10-15(17)14-18/h10-11,13,18H,3-9,12,14H2,1-2H3. The van der Waals surface area contributed by atoms with Crippen molar-refractivity contribution in [2.75, 3.05) is 13.7 Å². The highest BCUT2D eigenvalue weighted by Gasteiger charge is 2.04. The molecule has 1 aromatic rings. The van der Waals surface area contributed by atoms with Crippen molar-refractivity contribution < 1.29 is 14.6 Å². The zero-order valence-corrected chi connectivity index (χ0v) is 12.9. The van der Waals surface area contributed by atoms with E-state index in [2.05, 4.69) is 6.92 Å². The second-order valence-electron chi connectivity index (χ2n) is 5.10. The van der Waals surface area contributed by atoms with Crippen molar-refractivity contribution in [1.29, 1.82) is 0 Å². The predicted octanol–water partition coefficient (Wildman–Crippen LogP) is 4.32. The minimum atomic E-state index is -0.00363. The van der Waals surface area contributed by atoms with Crippen LogP contribution in [0.15, 0.2) is 18.2 Å². The van der Waals surface area contributed by atoms with Gasteiger partial charge in [-0.05, 0) is 18.6 Å². The zero-order valence-electron chi connectivity index (χ0n) is 12.9. The molecule has 0 bridgehead atoms. The third kappa shape index (κ3) is 6.29. The molecule has 0 amide bonds. The first kappa shape index (κ1) is 16.8. The molecule has 0 atom stereocenters. The maximum absolute atomic E-state index is 9.28. The molecule has 3 heteroatoms. The molecular weight excluding hydrogens is 252 g/mol. The van der Waals surface area contributed by atoms with Crippen molar-refractivity contribution in [3.63, 3.8) is 0 Å². The van der Waals surface area contributed by atoms with Gasteiger partial charge in [-0.15, -0.1) is 0 Å². The molecule has 20 heavy (non-hydrogen) atoms. The molecular formula is C17H28O3. The molecule has 0 unspecified atom stereocenters. The van der Waals surface area contributed by atoms with E-state index in [-0.39, 0.29) is 6.61 Å². The molecule has 0 aromatic heterocycles. The summed E-state index contributed by atoms with van der Waals surface area (Å²) in [6.45, 7) is 2.94. The SMILES string of the molecule is CCCCCCCCCOc1cc(OC)ccc1CO. The first-order chi connectivity index (χ1) is 9.81. The van der Waals surface area contributed by atoms with E-state index in [1.807, 2.05) is 18.2 Å². The fraction of sp³-hybridized carbons (Fsp3) is 0.647. The monoisotopic (exact) mass is 280 g/mol. The quantitative estimate of drug-likeness (QED) is 0.614. The average molecular weight is 280 g/mol. The van der Waals surface area contributed by atoms with E-state index < -0.39 is 0 Å². The van der Waals surface area contributed by atoms with Crippen LogP contribution in [0.3, 0.4) is 0 Å². The number of unbranched alkanes of at least 4 members (excludes halogenated alkanes) is 6. The fourth-order valence-corrected chi connectivity index (χ4v) is 2.17. The van der Waals surface area contributed by atoms with Crippen molar-refractivity contribution in [3.05, 3.63) is 23.8 Å². The Morgan fingerprint density at radius 2 is 1.70 bits per heavy atom. The lowest BCUT2D eigenvalue weighted by molar-refractivity contribution is 0.259. The number of aliphatic hydroxyl groups is 1. The summed E-state index contributed by atoms with van der Waals surface area (Å²) < 4.78 is 10.9. The van der Waals surface area contributed by atoms with Gasteiger partial charge in [0, 0.05) is 11.6 Å². The van der Waals surface area contributed by atoms with Crippen LogP contribution in [0.2, 0.25) is 0 Å². The Kier molecular flexibility index (Phi) is 8.88. The lowest BCUT2D eigenvalue weighted by atomic mass is 10.1. The molecule has 1 rings (SSSR count). The summed E-state index contributed by atoms with van der Waals surface area (Å²) in [4.78, 5) is 0. The van der Waals surface area contributed by atoms with Crippen LogP contribution in [-0.4, -0.2) is 18.8 Å². The van der Waals surface area contributed by atoms with Gasteiger partial charge in [0.05, 0.1) is 20.3 Å². The van der Waals surface area contributed by atoms with Crippen LogP contribution in [0.4, 0.5) is 0 Å². The molecule has 0 saturated carbocycles. The maximum atomic E-state index is 9.28. The van der Waals surface area contributed by atoms with E-state index in [0.717, 1.165) is 23.5 Å². The summed E-state index contributed by atoms with van der Waals surface area (Å²) in [6.07, 6.45) is 8.88. The van der Waals surface area contributed by atoms with Crippen LogP contribution in [-0.2, 0) is 6.61 Å². The first-order valence-electron chi connectivity index (χ1n) is 7.72. The Bertz CT molecular complexity index is 363. The molecule has 0 saturated heterocycles. The Balaban J connectivity index is 2.24. The van der Waals surface area contributed by atoms with Crippen LogP contribution in [0.25, 0.3) is 0 Å². The van der Waals surface area contributed by atoms with Gasteiger partial charge >= 0.3 is 0 Å². The molecule has 0 fully saturated rings. The van der Waals surface area contributed by atoms with E-state index in [0.29, 0.717) is 6.61 Å². The topological polar surface area (TPSA) is 38.7 Å². The number of methoxy groups -OCH3 is 1. The van der Waals surface area contributed by atoms with Crippen LogP contribution in [0, 0.1) is 0 Å². The van der Waals surface area contributed by atoms with E-state index in [9.17, 15) is 5.11 Å². The minimum Gasteiger partial charge on any atom is -0.497 e. The summed E-state index contributed by atoms with van der Waals surface area (Å²) >= 11 is 0. The van der Waals surface area contributed by atoms with E-state index in [1.54, 1.807) is 7.11 Å². The van der Waals surface area contributed by atoms with Gasteiger partial charge in [0.15, 0.2) is 0 Å². The molecule has 0 aliphatic heterocycles. The number of ether oxygens (including phenoxy) is 2. The van der Waals surface area contributed by atoms with Gasteiger partial charge in [-0.3, -0.25) is 0 Å². The number of benzene rings is 1. The predicted molar refractivity (Wildman–Crippen MR) is 82.4 cm³/mol. The largest absolute Gasteiger partial charge is 0.497 e. The Morgan fingerprint density at radius 1 is 1.00 bits per heavy atom. The van der Waals surface area contributed by atoms with Crippen LogP contribution >= 0.6 is 0 Å². The lowest BCUT2D eigenvalue weighted by Crippen LogP contribution is -2.01. The van der Waals surface area contributed by atoms with Gasteiger partial charge in [-0.2, -0.15) is 0 Å². The normalized spacial score (nSPS) is 10.6. The van der Waals surface area contributed by atoms with Crippen LogP contribution in [0.1, 0.15) is 57.4 Å². The molecule has 3 nitrogen and oxygen atoms in total. The second kappa shape index (κ2) is 10.6. The Morgan fingerprint density at radius 3 is 2.35 bits per heavy atom. The highest BCUT2D eigenvalue weighted by molar-refractivity contribution is 5.40. The van der Waals surface area contributed by atoms with Crippen molar-refractivity contribution in [2.45, 2.75) is 58.5 Å². The van der Waals surface area contributed by atoms with Crippen molar-refractivity contribution in [1.82, 2.24) is 0 Å².